The third-order valence-electron chi connectivity index (χ3n) is 2.73. The molecule has 0 saturated carbocycles. The molecule has 0 fully saturated rings. The average molecular weight is 266 g/mol. The topological polar surface area (TPSA) is 71.2 Å². The smallest absolute Gasteiger partial charge is 0.134 e. The first kappa shape index (κ1) is 12.9. The van der Waals surface area contributed by atoms with Gasteiger partial charge in [-0.05, 0) is 32.0 Å². The van der Waals surface area contributed by atoms with Gasteiger partial charge in [0.25, 0.3) is 0 Å². The van der Waals surface area contributed by atoms with Gasteiger partial charge in [0.2, 0.25) is 0 Å². The van der Waals surface area contributed by atoms with Gasteiger partial charge in [0.05, 0.1) is 12.1 Å². The number of aliphatic hydroxyl groups is 1. The molecule has 4 nitrogen and oxygen atoms in total. The van der Waals surface area contributed by atoms with Crippen LogP contribution in [0.4, 0.5) is 11.5 Å². The summed E-state index contributed by atoms with van der Waals surface area (Å²) in [5.41, 5.74) is 6.09. The molecule has 5 heteroatoms. The van der Waals surface area contributed by atoms with Gasteiger partial charge in [-0.25, -0.2) is 4.98 Å². The van der Waals surface area contributed by atoms with Crippen LogP contribution in [0.1, 0.15) is 13.8 Å². The van der Waals surface area contributed by atoms with Gasteiger partial charge in [0.15, 0.2) is 0 Å². The molecule has 0 atom stereocenters. The number of nitrogen functional groups attached to an aromatic ring is 1. The summed E-state index contributed by atoms with van der Waals surface area (Å²) in [6.45, 7) is 3.78. The van der Waals surface area contributed by atoms with E-state index in [4.69, 9.17) is 17.3 Å². The lowest BCUT2D eigenvalue weighted by atomic mass is 10.1. The Bertz CT molecular complexity index is 584. The summed E-state index contributed by atoms with van der Waals surface area (Å²) in [5.74, 6) is 0.667. The third-order valence-corrected chi connectivity index (χ3v) is 2.95. The van der Waals surface area contributed by atoms with Crippen molar-refractivity contribution in [2.24, 2.45) is 0 Å². The fraction of sp³-hybridized carbons (Fsp3) is 0.308. The summed E-state index contributed by atoms with van der Waals surface area (Å²) in [6.07, 6.45) is 1.68. The molecule has 96 valence electrons. The molecular formula is C13H16ClN3O. The summed E-state index contributed by atoms with van der Waals surface area (Å²) in [6, 6.07) is 5.37. The number of pyridine rings is 1. The molecule has 0 bridgehead atoms. The highest BCUT2D eigenvalue weighted by atomic mass is 35.5. The molecule has 0 amide bonds. The van der Waals surface area contributed by atoms with Crippen LogP contribution in [-0.2, 0) is 0 Å². The van der Waals surface area contributed by atoms with Crippen LogP contribution in [0, 0.1) is 0 Å². The molecule has 0 saturated heterocycles. The van der Waals surface area contributed by atoms with Gasteiger partial charge < -0.3 is 16.2 Å². The van der Waals surface area contributed by atoms with E-state index in [2.05, 4.69) is 10.3 Å². The van der Waals surface area contributed by atoms with E-state index in [1.54, 1.807) is 12.3 Å². The molecule has 1 aromatic carbocycles. The predicted octanol–water partition coefficient (Wildman–Crippen LogP) is 2.65. The zero-order valence-electron chi connectivity index (χ0n) is 10.4. The van der Waals surface area contributed by atoms with E-state index in [9.17, 15) is 5.11 Å². The van der Waals surface area contributed by atoms with Crippen LogP contribution in [0.25, 0.3) is 10.8 Å². The summed E-state index contributed by atoms with van der Waals surface area (Å²) >= 11 is 6.02. The molecule has 0 aliphatic rings. The van der Waals surface area contributed by atoms with E-state index in [1.165, 1.54) is 0 Å². The van der Waals surface area contributed by atoms with Crippen LogP contribution in [0.2, 0.25) is 5.02 Å². The Balaban J connectivity index is 2.58. The van der Waals surface area contributed by atoms with Gasteiger partial charge in [-0.1, -0.05) is 11.6 Å². The second-order valence-electron chi connectivity index (χ2n) is 4.92. The van der Waals surface area contributed by atoms with Crippen molar-refractivity contribution in [3.05, 3.63) is 29.4 Å². The summed E-state index contributed by atoms with van der Waals surface area (Å²) in [7, 11) is 0. The van der Waals surface area contributed by atoms with Crippen LogP contribution >= 0.6 is 11.6 Å². The average Bonchev–Trinajstić information content (AvgIpc) is 2.30. The molecule has 0 unspecified atom stereocenters. The number of hydrogen-bond acceptors (Lipinski definition) is 4. The number of aromatic nitrogens is 1. The SMILES string of the molecule is CC(C)(CO)Nc1nccc2c(N)cc(Cl)cc12. The number of nitrogens with two attached hydrogens (primary N) is 1. The van der Waals surface area contributed by atoms with Gasteiger partial charge in [-0.3, -0.25) is 0 Å². The van der Waals surface area contributed by atoms with Crippen molar-refractivity contribution in [2.75, 3.05) is 17.7 Å². The normalized spacial score (nSPS) is 11.8. The molecule has 1 heterocycles. The van der Waals surface area contributed by atoms with E-state index in [0.717, 1.165) is 10.8 Å². The predicted molar refractivity (Wildman–Crippen MR) is 76.0 cm³/mol. The molecule has 2 rings (SSSR count). The second-order valence-corrected chi connectivity index (χ2v) is 5.35. The number of nitrogens with zero attached hydrogens (tertiary/aromatic N) is 1. The maximum atomic E-state index is 9.30. The van der Waals surface area contributed by atoms with Gasteiger partial charge >= 0.3 is 0 Å². The molecule has 18 heavy (non-hydrogen) atoms. The van der Waals surface area contributed by atoms with Gasteiger partial charge in [-0.15, -0.1) is 0 Å². The van der Waals surface area contributed by atoms with Crippen LogP contribution in [0.3, 0.4) is 0 Å². The quantitative estimate of drug-likeness (QED) is 0.746. The second kappa shape index (κ2) is 4.63. The Morgan fingerprint density at radius 3 is 2.78 bits per heavy atom. The van der Waals surface area contributed by atoms with E-state index < -0.39 is 5.54 Å². The fourth-order valence-corrected chi connectivity index (χ4v) is 1.96. The number of anilines is 2. The molecular weight excluding hydrogens is 250 g/mol. The van der Waals surface area contributed by atoms with E-state index in [1.807, 2.05) is 26.0 Å². The van der Waals surface area contributed by atoms with Gasteiger partial charge in [0.1, 0.15) is 5.82 Å². The van der Waals surface area contributed by atoms with Crippen LogP contribution in [0.15, 0.2) is 24.4 Å². The van der Waals surface area contributed by atoms with Gasteiger partial charge in [-0.2, -0.15) is 0 Å². The van der Waals surface area contributed by atoms with E-state index >= 15 is 0 Å². The van der Waals surface area contributed by atoms with Crippen molar-refractivity contribution in [2.45, 2.75) is 19.4 Å². The molecule has 0 radical (unpaired) electrons. The number of nitrogens with one attached hydrogen (secondary N) is 1. The van der Waals surface area contributed by atoms with E-state index in [0.29, 0.717) is 16.5 Å². The summed E-state index contributed by atoms with van der Waals surface area (Å²) in [4.78, 5) is 4.29. The molecule has 0 spiro atoms. The number of halogens is 1. The Hall–Kier alpha value is -1.52. The number of benzene rings is 1. The standard InChI is InChI=1S/C13H16ClN3O/c1-13(2,7-18)17-12-10-5-8(14)6-11(15)9(10)3-4-16-12/h3-6,18H,7,15H2,1-2H3,(H,16,17). The highest BCUT2D eigenvalue weighted by Gasteiger charge is 2.18. The Morgan fingerprint density at radius 1 is 1.39 bits per heavy atom. The van der Waals surface area contributed by atoms with Crippen molar-refractivity contribution >= 4 is 33.9 Å². The third kappa shape index (κ3) is 2.49. The van der Waals surface area contributed by atoms with Crippen LogP contribution in [0.5, 0.6) is 0 Å². The summed E-state index contributed by atoms with van der Waals surface area (Å²) in [5, 5.41) is 14.8. The Labute approximate surface area is 111 Å². The Morgan fingerprint density at radius 2 is 2.11 bits per heavy atom. The van der Waals surface area contributed by atoms with Crippen molar-refractivity contribution in [3.63, 3.8) is 0 Å². The van der Waals surface area contributed by atoms with Gasteiger partial charge in [0, 0.05) is 27.7 Å². The summed E-state index contributed by atoms with van der Waals surface area (Å²) < 4.78 is 0. The number of aliphatic hydroxyl groups excluding tert-OH is 1. The number of hydrogen-bond donors (Lipinski definition) is 3. The largest absolute Gasteiger partial charge is 0.398 e. The monoisotopic (exact) mass is 265 g/mol. The molecule has 2 aromatic rings. The first-order chi connectivity index (χ1) is 8.43. The molecule has 4 N–H and O–H groups in total. The zero-order chi connectivity index (χ0) is 13.3. The van der Waals surface area contributed by atoms with Crippen molar-refractivity contribution in [3.8, 4) is 0 Å². The highest BCUT2D eigenvalue weighted by Crippen LogP contribution is 2.30. The minimum absolute atomic E-state index is 0.00111. The maximum absolute atomic E-state index is 9.30. The molecule has 0 aliphatic carbocycles. The lowest BCUT2D eigenvalue weighted by Gasteiger charge is -2.25. The first-order valence-electron chi connectivity index (χ1n) is 5.66. The van der Waals surface area contributed by atoms with Crippen LogP contribution < -0.4 is 11.1 Å². The van der Waals surface area contributed by atoms with Crippen molar-refractivity contribution in [1.82, 2.24) is 4.98 Å². The minimum Gasteiger partial charge on any atom is -0.398 e. The fourth-order valence-electron chi connectivity index (χ4n) is 1.74. The molecule has 1 aromatic heterocycles. The first-order valence-corrected chi connectivity index (χ1v) is 6.03. The minimum atomic E-state index is -0.460. The lowest BCUT2D eigenvalue weighted by Crippen LogP contribution is -2.35. The Kier molecular flexibility index (Phi) is 3.32. The van der Waals surface area contributed by atoms with Crippen molar-refractivity contribution in [1.29, 1.82) is 0 Å². The maximum Gasteiger partial charge on any atom is 0.134 e. The van der Waals surface area contributed by atoms with Crippen LogP contribution in [-0.4, -0.2) is 22.2 Å². The zero-order valence-corrected chi connectivity index (χ0v) is 11.1. The van der Waals surface area contributed by atoms with E-state index in [-0.39, 0.29) is 6.61 Å². The number of rotatable bonds is 3. The lowest BCUT2D eigenvalue weighted by molar-refractivity contribution is 0.234. The highest BCUT2D eigenvalue weighted by molar-refractivity contribution is 6.32. The van der Waals surface area contributed by atoms with Crippen molar-refractivity contribution < 1.29 is 5.11 Å². The number of fused-ring (bicyclic) bond motifs is 1. The molecule has 0 aliphatic heterocycles.